The second kappa shape index (κ2) is 8.97. The number of rotatable bonds is 8. The molecule has 0 spiro atoms. The summed E-state index contributed by atoms with van der Waals surface area (Å²) in [6.45, 7) is 4.81. The van der Waals surface area contributed by atoms with E-state index in [1.807, 2.05) is 32.0 Å². The number of thioether (sulfide) groups is 1. The largest absolute Gasteiger partial charge is 0.618 e. The van der Waals surface area contributed by atoms with E-state index in [2.05, 4.69) is 16.7 Å². The van der Waals surface area contributed by atoms with Gasteiger partial charge < -0.3 is 14.5 Å². The molecule has 0 saturated carbocycles. The molecule has 0 atom stereocenters. The monoisotopic (exact) mass is 396 g/mol. The molecular weight excluding hydrogens is 372 g/mol. The van der Waals surface area contributed by atoms with Crippen LogP contribution in [0.5, 0.6) is 5.75 Å². The minimum Gasteiger partial charge on any atom is -0.618 e. The molecule has 2 heterocycles. The van der Waals surface area contributed by atoms with Gasteiger partial charge in [0.05, 0.1) is 12.9 Å². The number of aryl methyl sites for hydroxylation is 2. The number of benzene rings is 1. The van der Waals surface area contributed by atoms with Gasteiger partial charge in [0.25, 0.3) is 5.03 Å². The molecule has 28 heavy (non-hydrogen) atoms. The number of ketones is 1. The third kappa shape index (κ3) is 4.57. The summed E-state index contributed by atoms with van der Waals surface area (Å²) in [5.74, 6) is 1.13. The molecule has 0 amide bonds. The Morgan fingerprint density at radius 3 is 2.61 bits per heavy atom. The number of ether oxygens (including phenoxy) is 1. The lowest BCUT2D eigenvalue weighted by Gasteiger charge is -2.10. The van der Waals surface area contributed by atoms with E-state index in [0.29, 0.717) is 5.03 Å². The van der Waals surface area contributed by atoms with Gasteiger partial charge in [-0.3, -0.25) is 4.79 Å². The first-order chi connectivity index (χ1) is 13.5. The Kier molecular flexibility index (Phi) is 6.41. The van der Waals surface area contributed by atoms with Crippen LogP contribution < -0.4 is 9.47 Å². The van der Waals surface area contributed by atoms with Crippen LogP contribution in [0.1, 0.15) is 27.3 Å². The topological polar surface area (TPSA) is 58.2 Å². The van der Waals surface area contributed by atoms with Gasteiger partial charge in [-0.2, -0.15) is 4.73 Å². The molecule has 0 unspecified atom stereocenters. The number of hydrogen-bond donors (Lipinski definition) is 0. The number of pyridine rings is 1. The smallest absolute Gasteiger partial charge is 0.251 e. The van der Waals surface area contributed by atoms with Gasteiger partial charge >= 0.3 is 0 Å². The molecule has 0 radical (unpaired) electrons. The maximum absolute atomic E-state index is 12.7. The van der Waals surface area contributed by atoms with E-state index in [-0.39, 0.29) is 11.5 Å². The average molecular weight is 397 g/mol. The molecule has 0 aliphatic carbocycles. The number of aromatic nitrogens is 2. The predicted molar refractivity (Wildman–Crippen MR) is 111 cm³/mol. The van der Waals surface area contributed by atoms with Crippen molar-refractivity contribution in [3.8, 4) is 5.75 Å². The summed E-state index contributed by atoms with van der Waals surface area (Å²) < 4.78 is 8.16. The molecular formula is C22H24N2O3S. The standard InChI is InChI=1S/C22H24N2O3S/c1-16-14-20(21(25)15-28-22-6-4-5-12-24(22)26)17(2)23(16)13-11-18-7-9-19(27-3)10-8-18/h4-10,12,14H,11,13,15H2,1-3H3. The molecule has 0 saturated heterocycles. The van der Waals surface area contributed by atoms with Crippen LogP contribution in [0, 0.1) is 19.1 Å². The number of methoxy groups -OCH3 is 1. The fourth-order valence-electron chi connectivity index (χ4n) is 3.20. The van der Waals surface area contributed by atoms with Crippen LogP contribution in [0.25, 0.3) is 0 Å². The van der Waals surface area contributed by atoms with E-state index in [1.165, 1.54) is 23.5 Å². The molecule has 1 aromatic carbocycles. The highest BCUT2D eigenvalue weighted by atomic mass is 32.2. The van der Waals surface area contributed by atoms with Crippen molar-refractivity contribution in [2.45, 2.75) is 31.8 Å². The Morgan fingerprint density at radius 1 is 1.18 bits per heavy atom. The third-order valence-electron chi connectivity index (χ3n) is 4.80. The van der Waals surface area contributed by atoms with Gasteiger partial charge in [-0.15, -0.1) is 0 Å². The van der Waals surface area contributed by atoms with Crippen molar-refractivity contribution in [3.05, 3.63) is 82.4 Å². The summed E-state index contributed by atoms with van der Waals surface area (Å²) in [6, 6.07) is 15.2. The molecule has 0 fully saturated rings. The first-order valence-electron chi connectivity index (χ1n) is 9.13. The second-order valence-corrected chi connectivity index (χ2v) is 7.61. The van der Waals surface area contributed by atoms with Gasteiger partial charge in [-0.05, 0) is 61.9 Å². The number of carbonyl (C=O) groups excluding carboxylic acids is 1. The Labute approximate surface area is 169 Å². The fourth-order valence-corrected chi connectivity index (χ4v) is 4.00. The zero-order chi connectivity index (χ0) is 20.1. The number of hydrogen-bond acceptors (Lipinski definition) is 4. The summed E-state index contributed by atoms with van der Waals surface area (Å²) in [7, 11) is 1.66. The van der Waals surface area contributed by atoms with Crippen LogP contribution in [0.4, 0.5) is 0 Å². The Morgan fingerprint density at radius 2 is 1.93 bits per heavy atom. The number of carbonyl (C=O) groups is 1. The highest BCUT2D eigenvalue weighted by Gasteiger charge is 2.17. The summed E-state index contributed by atoms with van der Waals surface area (Å²) >= 11 is 1.27. The van der Waals surface area contributed by atoms with Crippen molar-refractivity contribution in [1.82, 2.24) is 4.57 Å². The maximum atomic E-state index is 12.7. The van der Waals surface area contributed by atoms with Crippen molar-refractivity contribution in [1.29, 1.82) is 0 Å². The Hall–Kier alpha value is -2.73. The summed E-state index contributed by atoms with van der Waals surface area (Å²) in [5, 5.41) is 12.3. The van der Waals surface area contributed by atoms with Gasteiger partial charge in [0.2, 0.25) is 0 Å². The Balaban J connectivity index is 1.66. The zero-order valence-electron chi connectivity index (χ0n) is 16.3. The van der Waals surface area contributed by atoms with Crippen LogP contribution in [0.3, 0.4) is 0 Å². The average Bonchev–Trinajstić information content (AvgIpc) is 2.99. The van der Waals surface area contributed by atoms with Crippen LogP contribution in [0.2, 0.25) is 0 Å². The van der Waals surface area contributed by atoms with Gasteiger partial charge in [-0.25, -0.2) is 0 Å². The lowest BCUT2D eigenvalue weighted by Crippen LogP contribution is -2.28. The first-order valence-corrected chi connectivity index (χ1v) is 10.1. The molecule has 5 nitrogen and oxygen atoms in total. The molecule has 3 aromatic rings. The van der Waals surface area contributed by atoms with Crippen LogP contribution >= 0.6 is 11.8 Å². The van der Waals surface area contributed by atoms with Crippen molar-refractivity contribution >= 4 is 17.5 Å². The highest BCUT2D eigenvalue weighted by Crippen LogP contribution is 2.21. The molecule has 3 rings (SSSR count). The van der Waals surface area contributed by atoms with Gasteiger partial charge in [-0.1, -0.05) is 12.1 Å². The molecule has 2 aromatic heterocycles. The molecule has 0 aliphatic rings. The van der Waals surface area contributed by atoms with E-state index >= 15 is 0 Å². The highest BCUT2D eigenvalue weighted by molar-refractivity contribution is 7.99. The van der Waals surface area contributed by atoms with E-state index in [1.54, 1.807) is 25.3 Å². The maximum Gasteiger partial charge on any atom is 0.251 e. The van der Waals surface area contributed by atoms with Gasteiger partial charge in [0, 0.05) is 35.6 Å². The van der Waals surface area contributed by atoms with Crippen molar-refractivity contribution in [3.63, 3.8) is 0 Å². The van der Waals surface area contributed by atoms with Crippen LogP contribution in [-0.4, -0.2) is 23.2 Å². The normalized spacial score (nSPS) is 10.8. The van der Waals surface area contributed by atoms with E-state index in [9.17, 15) is 10.0 Å². The van der Waals surface area contributed by atoms with Crippen molar-refractivity contribution in [2.24, 2.45) is 0 Å². The molecule has 0 bridgehead atoms. The molecule has 6 heteroatoms. The van der Waals surface area contributed by atoms with Crippen molar-refractivity contribution < 1.29 is 14.3 Å². The summed E-state index contributed by atoms with van der Waals surface area (Å²) in [4.78, 5) is 12.7. The molecule has 146 valence electrons. The van der Waals surface area contributed by atoms with Crippen LogP contribution in [0.15, 0.2) is 59.8 Å². The summed E-state index contributed by atoms with van der Waals surface area (Å²) in [6.07, 6.45) is 2.32. The molecule has 0 N–H and O–H groups in total. The fraction of sp³-hybridized carbons (Fsp3) is 0.273. The van der Waals surface area contributed by atoms with E-state index in [4.69, 9.17) is 4.74 Å². The minimum absolute atomic E-state index is 0.0395. The lowest BCUT2D eigenvalue weighted by molar-refractivity contribution is -0.645. The quantitative estimate of drug-likeness (QED) is 0.250. The lowest BCUT2D eigenvalue weighted by atomic mass is 10.1. The Bertz CT molecular complexity index is 964. The third-order valence-corrected chi connectivity index (χ3v) is 5.82. The van der Waals surface area contributed by atoms with Crippen molar-refractivity contribution in [2.75, 3.05) is 12.9 Å². The molecule has 0 aliphatic heterocycles. The van der Waals surface area contributed by atoms with Gasteiger partial charge in [0.15, 0.2) is 12.0 Å². The second-order valence-electron chi connectivity index (χ2n) is 6.61. The van der Waals surface area contributed by atoms with Crippen LogP contribution in [-0.2, 0) is 13.0 Å². The van der Waals surface area contributed by atoms with Gasteiger partial charge in [0.1, 0.15) is 5.75 Å². The minimum atomic E-state index is 0.0395. The number of nitrogens with zero attached hydrogens (tertiary/aromatic N) is 2. The number of Topliss-reactive ketones (excluding diaryl/α,β-unsaturated/α-hetero) is 1. The predicted octanol–water partition coefficient (Wildman–Crippen LogP) is 3.96. The van der Waals surface area contributed by atoms with E-state index < -0.39 is 0 Å². The first kappa shape index (κ1) is 20.0. The van der Waals surface area contributed by atoms with E-state index in [0.717, 1.165) is 40.4 Å². The zero-order valence-corrected chi connectivity index (χ0v) is 17.2. The SMILES string of the molecule is COc1ccc(CCn2c(C)cc(C(=O)CSc3cccc[n+]3[O-])c2C)cc1. The summed E-state index contributed by atoms with van der Waals surface area (Å²) in [5.41, 5.74) is 3.99.